The normalized spacial score (nSPS) is 18.2. The van der Waals surface area contributed by atoms with Gasteiger partial charge < -0.3 is 20.5 Å². The summed E-state index contributed by atoms with van der Waals surface area (Å²) in [5.74, 6) is -1.79. The van der Waals surface area contributed by atoms with Crippen LogP contribution in [0.5, 0.6) is 0 Å². The first-order valence-electron chi connectivity index (χ1n) is 9.25. The highest BCUT2D eigenvalue weighted by atomic mass is 16.5. The van der Waals surface area contributed by atoms with Gasteiger partial charge in [0.15, 0.2) is 0 Å². The van der Waals surface area contributed by atoms with Gasteiger partial charge in [-0.25, -0.2) is 4.79 Å². The van der Waals surface area contributed by atoms with Crippen molar-refractivity contribution >= 4 is 17.8 Å². The van der Waals surface area contributed by atoms with E-state index in [-0.39, 0.29) is 24.5 Å². The smallest absolute Gasteiger partial charge is 0.326 e. The van der Waals surface area contributed by atoms with Gasteiger partial charge in [0.05, 0.1) is 12.6 Å². The van der Waals surface area contributed by atoms with Gasteiger partial charge in [0, 0.05) is 0 Å². The standard InChI is InChI=1S/C18H32N2O5/c1-12(2)10-15(18(23)24)20-16(21)11-19-17(22)13(3)25-14-8-6-4-5-7-9-14/h12-15H,4-11H2,1-3H3,(H,19,22)(H,20,21)(H,23,24)/t13?,15-/m0/s1. The van der Waals surface area contributed by atoms with Crippen LogP contribution in [0.3, 0.4) is 0 Å². The van der Waals surface area contributed by atoms with Gasteiger partial charge in [0.2, 0.25) is 11.8 Å². The second-order valence-electron chi connectivity index (χ2n) is 7.20. The van der Waals surface area contributed by atoms with E-state index in [2.05, 4.69) is 10.6 Å². The Balaban J connectivity index is 2.35. The van der Waals surface area contributed by atoms with Crippen LogP contribution in [-0.2, 0) is 19.1 Å². The molecule has 0 aromatic carbocycles. The van der Waals surface area contributed by atoms with Gasteiger partial charge in [0.1, 0.15) is 12.1 Å². The second-order valence-corrected chi connectivity index (χ2v) is 7.20. The van der Waals surface area contributed by atoms with Crippen molar-refractivity contribution in [2.45, 2.75) is 84.0 Å². The third-order valence-electron chi connectivity index (χ3n) is 4.33. The Bertz CT molecular complexity index is 445. The molecule has 7 nitrogen and oxygen atoms in total. The molecule has 0 heterocycles. The number of carbonyl (C=O) groups excluding carboxylic acids is 2. The van der Waals surface area contributed by atoms with Crippen molar-refractivity contribution in [3.8, 4) is 0 Å². The highest BCUT2D eigenvalue weighted by Crippen LogP contribution is 2.20. The summed E-state index contributed by atoms with van der Waals surface area (Å²) in [4.78, 5) is 35.1. The van der Waals surface area contributed by atoms with E-state index in [1.807, 2.05) is 13.8 Å². The number of carbonyl (C=O) groups is 3. The van der Waals surface area contributed by atoms with Crippen molar-refractivity contribution in [3.05, 3.63) is 0 Å². The molecule has 0 spiro atoms. The van der Waals surface area contributed by atoms with E-state index in [1.54, 1.807) is 6.92 Å². The number of carboxylic acid groups (broad SMARTS) is 1. The number of rotatable bonds is 9. The zero-order valence-electron chi connectivity index (χ0n) is 15.5. The maximum Gasteiger partial charge on any atom is 0.326 e. The molecule has 1 saturated carbocycles. The Kier molecular flexibility index (Phi) is 9.49. The maximum absolute atomic E-state index is 12.1. The predicted molar refractivity (Wildman–Crippen MR) is 94.1 cm³/mol. The molecule has 0 radical (unpaired) electrons. The molecule has 0 saturated heterocycles. The van der Waals surface area contributed by atoms with Crippen molar-refractivity contribution in [2.75, 3.05) is 6.54 Å². The summed E-state index contributed by atoms with van der Waals surface area (Å²) < 4.78 is 5.80. The van der Waals surface area contributed by atoms with E-state index < -0.39 is 24.0 Å². The number of amides is 2. The first-order valence-corrected chi connectivity index (χ1v) is 9.25. The minimum absolute atomic E-state index is 0.0968. The van der Waals surface area contributed by atoms with E-state index in [9.17, 15) is 14.4 Å². The van der Waals surface area contributed by atoms with Gasteiger partial charge in [0.25, 0.3) is 0 Å². The number of carboxylic acids is 1. The monoisotopic (exact) mass is 356 g/mol. The van der Waals surface area contributed by atoms with Crippen molar-refractivity contribution < 1.29 is 24.2 Å². The Morgan fingerprint density at radius 2 is 1.68 bits per heavy atom. The number of nitrogens with one attached hydrogen (secondary N) is 2. The molecular weight excluding hydrogens is 324 g/mol. The summed E-state index contributed by atoms with van der Waals surface area (Å²) in [5, 5.41) is 14.1. The minimum Gasteiger partial charge on any atom is -0.480 e. The number of hydrogen-bond acceptors (Lipinski definition) is 4. The minimum atomic E-state index is -1.07. The summed E-state index contributed by atoms with van der Waals surface area (Å²) in [6.45, 7) is 5.20. The molecule has 0 aromatic rings. The summed E-state index contributed by atoms with van der Waals surface area (Å²) in [6.07, 6.45) is 6.41. The molecule has 1 rings (SSSR count). The lowest BCUT2D eigenvalue weighted by Gasteiger charge is -2.21. The van der Waals surface area contributed by atoms with Crippen LogP contribution in [-0.4, -0.2) is 47.7 Å². The molecule has 0 bridgehead atoms. The van der Waals surface area contributed by atoms with Crippen molar-refractivity contribution in [3.63, 3.8) is 0 Å². The third kappa shape index (κ3) is 8.86. The molecule has 7 heteroatoms. The van der Waals surface area contributed by atoms with E-state index in [0.717, 1.165) is 25.7 Å². The average Bonchev–Trinajstić information content (AvgIpc) is 2.80. The topological polar surface area (TPSA) is 105 Å². The molecule has 2 atom stereocenters. The number of ether oxygens (including phenoxy) is 1. The Morgan fingerprint density at radius 1 is 1.08 bits per heavy atom. The van der Waals surface area contributed by atoms with Gasteiger partial charge in [-0.2, -0.15) is 0 Å². The van der Waals surface area contributed by atoms with Gasteiger partial charge in [-0.15, -0.1) is 0 Å². The van der Waals surface area contributed by atoms with Gasteiger partial charge in [-0.1, -0.05) is 39.5 Å². The molecule has 0 aromatic heterocycles. The highest BCUT2D eigenvalue weighted by Gasteiger charge is 2.23. The van der Waals surface area contributed by atoms with Gasteiger partial charge in [-0.3, -0.25) is 9.59 Å². The number of hydrogen-bond donors (Lipinski definition) is 3. The van der Waals surface area contributed by atoms with Crippen LogP contribution < -0.4 is 10.6 Å². The van der Waals surface area contributed by atoms with Crippen LogP contribution >= 0.6 is 0 Å². The Morgan fingerprint density at radius 3 is 2.20 bits per heavy atom. The predicted octanol–water partition coefficient (Wildman–Crippen LogP) is 1.85. The molecular formula is C18H32N2O5. The third-order valence-corrected chi connectivity index (χ3v) is 4.33. The summed E-state index contributed by atoms with van der Waals surface area (Å²) in [7, 11) is 0. The van der Waals surface area contributed by atoms with Crippen molar-refractivity contribution in [1.82, 2.24) is 10.6 Å². The summed E-state index contributed by atoms with van der Waals surface area (Å²) >= 11 is 0. The van der Waals surface area contributed by atoms with Crippen LogP contribution in [0.4, 0.5) is 0 Å². The molecule has 1 aliphatic carbocycles. The molecule has 3 N–H and O–H groups in total. The SMILES string of the molecule is CC(C)C[C@H](NC(=O)CNC(=O)C(C)OC1CCCCCC1)C(=O)O. The molecule has 25 heavy (non-hydrogen) atoms. The fraction of sp³-hybridized carbons (Fsp3) is 0.833. The first-order chi connectivity index (χ1) is 11.8. The van der Waals surface area contributed by atoms with E-state index in [1.165, 1.54) is 12.8 Å². The first kappa shape index (κ1) is 21.4. The van der Waals surface area contributed by atoms with E-state index in [4.69, 9.17) is 9.84 Å². The van der Waals surface area contributed by atoms with Crippen LogP contribution in [0.1, 0.15) is 65.7 Å². The Labute approximate surface area is 149 Å². The van der Waals surface area contributed by atoms with Crippen LogP contribution in [0.2, 0.25) is 0 Å². The number of aliphatic carboxylic acids is 1. The van der Waals surface area contributed by atoms with Crippen molar-refractivity contribution in [2.24, 2.45) is 5.92 Å². The van der Waals surface area contributed by atoms with E-state index in [0.29, 0.717) is 6.42 Å². The molecule has 1 aliphatic rings. The molecule has 144 valence electrons. The molecule has 1 fully saturated rings. The van der Waals surface area contributed by atoms with E-state index >= 15 is 0 Å². The molecule has 2 amide bonds. The molecule has 0 aliphatic heterocycles. The zero-order chi connectivity index (χ0) is 18.8. The van der Waals surface area contributed by atoms with Crippen molar-refractivity contribution in [1.29, 1.82) is 0 Å². The largest absolute Gasteiger partial charge is 0.480 e. The average molecular weight is 356 g/mol. The quantitative estimate of drug-likeness (QED) is 0.547. The maximum atomic E-state index is 12.1. The lowest BCUT2D eigenvalue weighted by Crippen LogP contribution is -2.47. The van der Waals surface area contributed by atoms with Crippen LogP contribution in [0, 0.1) is 5.92 Å². The second kappa shape index (κ2) is 11.1. The van der Waals surface area contributed by atoms with Crippen LogP contribution in [0.25, 0.3) is 0 Å². The fourth-order valence-corrected chi connectivity index (χ4v) is 2.98. The lowest BCUT2D eigenvalue weighted by atomic mass is 10.0. The lowest BCUT2D eigenvalue weighted by molar-refractivity contribution is -0.142. The van der Waals surface area contributed by atoms with Gasteiger partial charge in [-0.05, 0) is 32.1 Å². The van der Waals surface area contributed by atoms with Crippen LogP contribution in [0.15, 0.2) is 0 Å². The Hall–Kier alpha value is -1.63. The summed E-state index contributed by atoms with van der Waals surface area (Å²) in [6, 6.07) is -0.941. The zero-order valence-corrected chi connectivity index (χ0v) is 15.5. The highest BCUT2D eigenvalue weighted by molar-refractivity contribution is 5.89. The summed E-state index contributed by atoms with van der Waals surface area (Å²) in [5.41, 5.74) is 0. The fourth-order valence-electron chi connectivity index (χ4n) is 2.98. The molecule has 1 unspecified atom stereocenters. The van der Waals surface area contributed by atoms with Gasteiger partial charge >= 0.3 is 5.97 Å².